The van der Waals surface area contributed by atoms with E-state index in [-0.39, 0.29) is 0 Å². The zero-order chi connectivity index (χ0) is 13.5. The number of aliphatic imine (C=N–C) groups is 2. The van der Waals surface area contributed by atoms with Gasteiger partial charge < -0.3 is 0 Å². The molecule has 0 bridgehead atoms. The van der Waals surface area contributed by atoms with Crippen LogP contribution in [0.1, 0.15) is 57.8 Å². The molecule has 0 amide bonds. The normalized spacial score (nSPS) is 34.9. The smallest absolute Gasteiger partial charge is 0.0593 e. The fourth-order valence-electron chi connectivity index (χ4n) is 3.75. The van der Waals surface area contributed by atoms with E-state index in [1.807, 2.05) is 0 Å². The van der Waals surface area contributed by atoms with Crippen molar-refractivity contribution in [3.8, 4) is 0 Å². The second-order valence-corrected chi connectivity index (χ2v) is 6.16. The van der Waals surface area contributed by atoms with Gasteiger partial charge in [0.15, 0.2) is 0 Å². The van der Waals surface area contributed by atoms with Gasteiger partial charge in [-0.25, -0.2) is 9.98 Å². The Balaban J connectivity index is 1.69. The molecule has 2 aliphatic carbocycles. The van der Waals surface area contributed by atoms with E-state index < -0.39 is 0 Å². The molecule has 2 heteroatoms. The topological polar surface area (TPSA) is 24.7 Å². The zero-order valence-electron chi connectivity index (χ0n) is 12.0. The molecule has 19 heavy (non-hydrogen) atoms. The molecule has 0 radical (unpaired) electrons. The molecule has 2 aliphatic rings. The third-order valence-electron chi connectivity index (χ3n) is 4.85. The van der Waals surface area contributed by atoms with Crippen molar-refractivity contribution >= 4 is 11.7 Å². The summed E-state index contributed by atoms with van der Waals surface area (Å²) in [6.45, 7) is 7.16. The summed E-state index contributed by atoms with van der Waals surface area (Å²) in [5.74, 6) is 7.27. The largest absolute Gasteiger partial charge is 0.240 e. The van der Waals surface area contributed by atoms with E-state index in [0.29, 0.717) is 12.1 Å². The maximum Gasteiger partial charge on any atom is 0.0593 e. The zero-order valence-corrected chi connectivity index (χ0v) is 12.0. The predicted molar refractivity (Wildman–Crippen MR) is 82.2 cm³/mol. The number of rotatable bonds is 4. The fraction of sp³-hybridized carbons (Fsp3) is 0.765. The first-order valence-corrected chi connectivity index (χ1v) is 7.75. The van der Waals surface area contributed by atoms with Crippen molar-refractivity contribution in [3.05, 3.63) is 13.2 Å². The molecule has 0 atom stereocenters. The molecule has 0 unspecified atom stereocenters. The molecule has 0 saturated heterocycles. The second kappa shape index (κ2) is 7.48. The lowest BCUT2D eigenvalue weighted by molar-refractivity contribution is 0.226. The SMILES string of the molecule is C=C=NC1CCC(CC2CCC(N=C=C)CC2)CC1. The highest BCUT2D eigenvalue weighted by Gasteiger charge is 2.26. The molecular weight excluding hydrogens is 232 g/mol. The summed E-state index contributed by atoms with van der Waals surface area (Å²) in [6.07, 6.45) is 11.8. The third-order valence-corrected chi connectivity index (χ3v) is 4.85. The maximum atomic E-state index is 4.31. The van der Waals surface area contributed by atoms with Crippen LogP contribution in [0.5, 0.6) is 0 Å². The Morgan fingerprint density at radius 1 is 0.684 bits per heavy atom. The van der Waals surface area contributed by atoms with Gasteiger partial charge in [0, 0.05) is 0 Å². The van der Waals surface area contributed by atoms with Gasteiger partial charge in [0.05, 0.1) is 12.1 Å². The molecule has 0 spiro atoms. The Hall–Kier alpha value is -1.10. The number of hydrogen-bond donors (Lipinski definition) is 0. The van der Waals surface area contributed by atoms with E-state index in [1.165, 1.54) is 57.8 Å². The van der Waals surface area contributed by atoms with Crippen LogP contribution in [0.2, 0.25) is 0 Å². The fourth-order valence-corrected chi connectivity index (χ4v) is 3.75. The molecule has 0 aromatic rings. The van der Waals surface area contributed by atoms with E-state index in [2.05, 4.69) is 34.9 Å². The van der Waals surface area contributed by atoms with Gasteiger partial charge in [-0.15, -0.1) is 0 Å². The van der Waals surface area contributed by atoms with Gasteiger partial charge in [0.2, 0.25) is 0 Å². The predicted octanol–water partition coefficient (Wildman–Crippen LogP) is 4.21. The lowest BCUT2D eigenvalue weighted by atomic mass is 9.76. The third kappa shape index (κ3) is 4.49. The van der Waals surface area contributed by atoms with Crippen molar-refractivity contribution in [2.24, 2.45) is 21.8 Å². The number of hydrogen-bond acceptors (Lipinski definition) is 2. The van der Waals surface area contributed by atoms with Gasteiger partial charge >= 0.3 is 0 Å². The summed E-state index contributed by atoms with van der Waals surface area (Å²) in [5.41, 5.74) is 0. The average Bonchev–Trinajstić information content (AvgIpc) is 2.44. The first kappa shape index (κ1) is 14.3. The van der Waals surface area contributed by atoms with Crippen molar-refractivity contribution in [1.82, 2.24) is 0 Å². The van der Waals surface area contributed by atoms with Crippen molar-refractivity contribution in [3.63, 3.8) is 0 Å². The monoisotopic (exact) mass is 258 g/mol. The van der Waals surface area contributed by atoms with E-state index in [9.17, 15) is 0 Å². The van der Waals surface area contributed by atoms with Crippen LogP contribution < -0.4 is 0 Å². The molecule has 0 N–H and O–H groups in total. The standard InChI is InChI=1S/C17H26N2/c1-3-18-16-9-5-14(6-10-16)13-15-7-11-17(12-8-15)19-4-2/h14-17H,1-2,5-13H2. The van der Waals surface area contributed by atoms with E-state index in [4.69, 9.17) is 0 Å². The van der Waals surface area contributed by atoms with Gasteiger partial charge in [0.1, 0.15) is 0 Å². The van der Waals surface area contributed by atoms with Gasteiger partial charge in [-0.3, -0.25) is 0 Å². The van der Waals surface area contributed by atoms with Crippen LogP contribution in [0.15, 0.2) is 23.1 Å². The Morgan fingerprint density at radius 2 is 1.05 bits per heavy atom. The highest BCUT2D eigenvalue weighted by molar-refractivity contribution is 5.47. The molecule has 2 rings (SSSR count). The Morgan fingerprint density at radius 3 is 1.37 bits per heavy atom. The van der Waals surface area contributed by atoms with Crippen LogP contribution in [0.3, 0.4) is 0 Å². The van der Waals surface area contributed by atoms with Gasteiger partial charge in [-0.1, -0.05) is 0 Å². The Bertz CT molecular complexity index is 323. The van der Waals surface area contributed by atoms with Gasteiger partial charge in [0.25, 0.3) is 0 Å². The van der Waals surface area contributed by atoms with E-state index >= 15 is 0 Å². The minimum absolute atomic E-state index is 0.506. The quantitative estimate of drug-likeness (QED) is 0.675. The lowest BCUT2D eigenvalue weighted by Crippen LogP contribution is -2.23. The molecule has 0 aromatic heterocycles. The van der Waals surface area contributed by atoms with Crippen molar-refractivity contribution in [1.29, 1.82) is 0 Å². The summed E-state index contributed by atoms with van der Waals surface area (Å²) in [6, 6.07) is 1.01. The maximum absolute atomic E-state index is 4.31. The van der Waals surface area contributed by atoms with E-state index in [0.717, 1.165) is 11.8 Å². The minimum Gasteiger partial charge on any atom is -0.240 e. The summed E-state index contributed by atoms with van der Waals surface area (Å²) in [4.78, 5) is 8.62. The van der Waals surface area contributed by atoms with E-state index in [1.54, 1.807) is 0 Å². The minimum atomic E-state index is 0.506. The summed E-state index contributed by atoms with van der Waals surface area (Å²) >= 11 is 0. The number of nitrogens with zero attached hydrogens (tertiary/aromatic N) is 2. The van der Waals surface area contributed by atoms with Crippen molar-refractivity contribution < 1.29 is 0 Å². The molecule has 2 nitrogen and oxygen atoms in total. The summed E-state index contributed by atoms with van der Waals surface area (Å²) < 4.78 is 0. The van der Waals surface area contributed by atoms with Crippen LogP contribution in [0.4, 0.5) is 0 Å². The average molecular weight is 258 g/mol. The van der Waals surface area contributed by atoms with Crippen LogP contribution in [-0.4, -0.2) is 23.8 Å². The first-order chi connectivity index (χ1) is 9.31. The Kier molecular flexibility index (Phi) is 5.63. The molecule has 2 fully saturated rings. The molecule has 2 saturated carbocycles. The second-order valence-electron chi connectivity index (χ2n) is 6.16. The highest BCUT2D eigenvalue weighted by Crippen LogP contribution is 2.36. The van der Waals surface area contributed by atoms with Gasteiger partial charge in [-0.05, 0) is 94.5 Å². The van der Waals surface area contributed by atoms with Crippen LogP contribution in [0, 0.1) is 11.8 Å². The van der Waals surface area contributed by atoms with Crippen LogP contribution in [0.25, 0.3) is 0 Å². The Labute approximate surface area is 117 Å². The summed E-state index contributed by atoms with van der Waals surface area (Å²) in [5, 5.41) is 0. The van der Waals surface area contributed by atoms with Crippen molar-refractivity contribution in [2.45, 2.75) is 69.9 Å². The molecule has 0 aromatic carbocycles. The lowest BCUT2D eigenvalue weighted by Gasteiger charge is -2.32. The van der Waals surface area contributed by atoms with Crippen molar-refractivity contribution in [2.75, 3.05) is 0 Å². The first-order valence-electron chi connectivity index (χ1n) is 7.75. The molecule has 104 valence electrons. The summed E-state index contributed by atoms with van der Waals surface area (Å²) in [7, 11) is 0. The van der Waals surface area contributed by atoms with Gasteiger partial charge in [-0.2, -0.15) is 0 Å². The van der Waals surface area contributed by atoms with Crippen LogP contribution >= 0.6 is 0 Å². The molecule has 0 aliphatic heterocycles. The molecule has 0 heterocycles. The van der Waals surface area contributed by atoms with Crippen LogP contribution in [-0.2, 0) is 0 Å². The molecular formula is C17H26N2. The highest BCUT2D eigenvalue weighted by atomic mass is 14.8.